The van der Waals surface area contributed by atoms with E-state index in [0.29, 0.717) is 0 Å². The predicted molar refractivity (Wildman–Crippen MR) is 151 cm³/mol. The Labute approximate surface area is 236 Å². The summed E-state index contributed by atoms with van der Waals surface area (Å²) in [7, 11) is 0. The van der Waals surface area contributed by atoms with Crippen LogP contribution < -0.4 is 4.90 Å². The SMILES string of the molecule is O=C(OC(c1ccccc1)c1ccccc1)[C@H]1[C@H]2C(=O)N(c3ccc(F)cc3)C(=O)[C@@H]2[C@H]2c3ccccc3C=CN21. The number of imide groups is 1. The van der Waals surface area contributed by atoms with Crippen LogP contribution in [0.25, 0.3) is 6.08 Å². The molecule has 0 spiro atoms. The van der Waals surface area contributed by atoms with Gasteiger partial charge in [0.05, 0.1) is 23.6 Å². The van der Waals surface area contributed by atoms with Crippen molar-refractivity contribution in [2.75, 3.05) is 4.90 Å². The number of hydrogen-bond acceptors (Lipinski definition) is 5. The first-order valence-corrected chi connectivity index (χ1v) is 13.5. The lowest BCUT2D eigenvalue weighted by molar-refractivity contribution is -0.155. The molecule has 4 aromatic carbocycles. The number of ether oxygens (including phenoxy) is 1. The summed E-state index contributed by atoms with van der Waals surface area (Å²) < 4.78 is 19.9. The molecule has 4 aromatic rings. The summed E-state index contributed by atoms with van der Waals surface area (Å²) >= 11 is 0. The van der Waals surface area contributed by atoms with Gasteiger partial charge in [-0.3, -0.25) is 9.59 Å². The van der Waals surface area contributed by atoms with Gasteiger partial charge in [0.15, 0.2) is 6.10 Å². The van der Waals surface area contributed by atoms with Crippen molar-refractivity contribution in [3.63, 3.8) is 0 Å². The van der Waals surface area contributed by atoms with Crippen LogP contribution in [0.5, 0.6) is 0 Å². The second-order valence-corrected chi connectivity index (χ2v) is 10.5. The lowest BCUT2D eigenvalue weighted by Gasteiger charge is -2.35. The summed E-state index contributed by atoms with van der Waals surface area (Å²) in [6.07, 6.45) is 2.98. The molecule has 3 aliphatic heterocycles. The van der Waals surface area contributed by atoms with Crippen molar-refractivity contribution in [3.8, 4) is 0 Å². The number of amides is 2. The van der Waals surface area contributed by atoms with Gasteiger partial charge in [-0.1, -0.05) is 84.9 Å². The molecule has 3 heterocycles. The molecule has 7 heteroatoms. The fourth-order valence-electron chi connectivity index (χ4n) is 6.44. The molecule has 6 nitrogen and oxygen atoms in total. The molecule has 7 rings (SSSR count). The van der Waals surface area contributed by atoms with Gasteiger partial charge in [-0.05, 0) is 52.6 Å². The van der Waals surface area contributed by atoms with Gasteiger partial charge < -0.3 is 9.64 Å². The van der Waals surface area contributed by atoms with E-state index in [-0.39, 0.29) is 5.69 Å². The zero-order valence-electron chi connectivity index (χ0n) is 21.8. The average molecular weight is 545 g/mol. The zero-order chi connectivity index (χ0) is 28.1. The predicted octanol–water partition coefficient (Wildman–Crippen LogP) is 5.67. The molecule has 2 amide bonds. The van der Waals surface area contributed by atoms with Crippen LogP contribution in [-0.4, -0.2) is 28.7 Å². The average Bonchev–Trinajstić information content (AvgIpc) is 3.49. The Kier molecular flexibility index (Phi) is 6.00. The Morgan fingerprint density at radius 1 is 0.732 bits per heavy atom. The number of fused-ring (bicyclic) bond motifs is 5. The van der Waals surface area contributed by atoms with Crippen LogP contribution in [0, 0.1) is 17.7 Å². The highest BCUT2D eigenvalue weighted by atomic mass is 19.1. The second kappa shape index (κ2) is 9.86. The lowest BCUT2D eigenvalue weighted by atomic mass is 9.84. The van der Waals surface area contributed by atoms with Gasteiger partial charge in [0, 0.05) is 6.20 Å². The van der Waals surface area contributed by atoms with Crippen LogP contribution in [0.3, 0.4) is 0 Å². The summed E-state index contributed by atoms with van der Waals surface area (Å²) in [6.45, 7) is 0. The van der Waals surface area contributed by atoms with Gasteiger partial charge in [-0.2, -0.15) is 0 Å². The number of anilines is 1. The van der Waals surface area contributed by atoms with Crippen LogP contribution in [0.2, 0.25) is 0 Å². The highest BCUT2D eigenvalue weighted by Crippen LogP contribution is 2.53. The molecule has 41 heavy (non-hydrogen) atoms. The summed E-state index contributed by atoms with van der Waals surface area (Å²) in [6, 6.07) is 30.2. The van der Waals surface area contributed by atoms with Crippen LogP contribution in [0.1, 0.15) is 34.4 Å². The van der Waals surface area contributed by atoms with Crippen LogP contribution in [0.15, 0.2) is 115 Å². The molecule has 3 aliphatic rings. The van der Waals surface area contributed by atoms with Crippen molar-refractivity contribution in [2.45, 2.75) is 18.2 Å². The van der Waals surface area contributed by atoms with E-state index in [4.69, 9.17) is 4.74 Å². The van der Waals surface area contributed by atoms with Crippen LogP contribution in [0.4, 0.5) is 10.1 Å². The Morgan fingerprint density at radius 2 is 1.32 bits per heavy atom. The zero-order valence-corrected chi connectivity index (χ0v) is 21.8. The van der Waals surface area contributed by atoms with Crippen molar-refractivity contribution in [2.24, 2.45) is 11.8 Å². The third-order valence-corrected chi connectivity index (χ3v) is 8.23. The first-order chi connectivity index (χ1) is 20.0. The summed E-state index contributed by atoms with van der Waals surface area (Å²) in [5, 5.41) is 0. The molecule has 0 unspecified atom stereocenters. The monoisotopic (exact) mass is 544 g/mol. The minimum absolute atomic E-state index is 0.278. The van der Waals surface area contributed by atoms with Crippen molar-refractivity contribution in [1.29, 1.82) is 0 Å². The molecule has 0 N–H and O–H groups in total. The molecule has 0 bridgehead atoms. The maximum absolute atomic E-state index is 14.2. The molecule has 0 aliphatic carbocycles. The van der Waals surface area contributed by atoms with E-state index in [0.717, 1.165) is 27.2 Å². The Hall–Kier alpha value is -5.04. The van der Waals surface area contributed by atoms with Crippen molar-refractivity contribution < 1.29 is 23.5 Å². The Bertz CT molecular complexity index is 1630. The minimum Gasteiger partial charge on any atom is -0.451 e. The third kappa shape index (κ3) is 4.04. The van der Waals surface area contributed by atoms with E-state index in [1.807, 2.05) is 95.9 Å². The molecule has 2 fully saturated rings. The van der Waals surface area contributed by atoms with Gasteiger partial charge in [-0.15, -0.1) is 0 Å². The molecule has 0 aromatic heterocycles. The van der Waals surface area contributed by atoms with Crippen LogP contribution >= 0.6 is 0 Å². The number of halogens is 1. The molecule has 4 atom stereocenters. The third-order valence-electron chi connectivity index (χ3n) is 8.23. The lowest BCUT2D eigenvalue weighted by Crippen LogP contribution is -2.45. The van der Waals surface area contributed by atoms with Gasteiger partial charge in [-0.25, -0.2) is 14.1 Å². The quantitative estimate of drug-likeness (QED) is 0.239. The molecule has 0 saturated carbocycles. The number of nitrogens with zero attached hydrogens (tertiary/aromatic N) is 2. The van der Waals surface area contributed by atoms with Crippen LogP contribution in [-0.2, 0) is 19.1 Å². The van der Waals surface area contributed by atoms with Crippen molar-refractivity contribution >= 4 is 29.5 Å². The fourth-order valence-corrected chi connectivity index (χ4v) is 6.44. The first kappa shape index (κ1) is 25.0. The van der Waals surface area contributed by atoms with Gasteiger partial charge in [0.1, 0.15) is 11.9 Å². The molecule has 0 radical (unpaired) electrons. The van der Waals surface area contributed by atoms with Crippen molar-refractivity contribution in [1.82, 2.24) is 4.90 Å². The Morgan fingerprint density at radius 3 is 1.98 bits per heavy atom. The van der Waals surface area contributed by atoms with Gasteiger partial charge in [0.2, 0.25) is 11.8 Å². The Balaban J connectivity index is 1.31. The van der Waals surface area contributed by atoms with E-state index in [1.165, 1.54) is 24.3 Å². The van der Waals surface area contributed by atoms with E-state index in [9.17, 15) is 18.8 Å². The van der Waals surface area contributed by atoms with E-state index in [2.05, 4.69) is 0 Å². The number of benzene rings is 4. The highest BCUT2D eigenvalue weighted by molar-refractivity contribution is 6.23. The van der Waals surface area contributed by atoms with Gasteiger partial charge >= 0.3 is 5.97 Å². The summed E-state index contributed by atoms with van der Waals surface area (Å²) in [4.78, 5) is 45.2. The van der Waals surface area contributed by atoms with E-state index < -0.39 is 53.6 Å². The largest absolute Gasteiger partial charge is 0.451 e. The van der Waals surface area contributed by atoms with Gasteiger partial charge in [0.25, 0.3) is 0 Å². The molecular formula is C34H25FN2O4. The maximum atomic E-state index is 14.2. The second-order valence-electron chi connectivity index (χ2n) is 10.5. The molecular weight excluding hydrogens is 519 g/mol. The number of esters is 1. The van der Waals surface area contributed by atoms with E-state index in [1.54, 1.807) is 6.20 Å². The molecule has 202 valence electrons. The summed E-state index contributed by atoms with van der Waals surface area (Å²) in [5.41, 5.74) is 3.65. The maximum Gasteiger partial charge on any atom is 0.330 e. The van der Waals surface area contributed by atoms with Crippen molar-refractivity contribution in [3.05, 3.63) is 143 Å². The number of rotatable bonds is 5. The highest BCUT2D eigenvalue weighted by Gasteiger charge is 2.65. The molecule has 2 saturated heterocycles. The normalized spacial score (nSPS) is 22.5. The smallest absolute Gasteiger partial charge is 0.330 e. The number of carbonyl (C=O) groups excluding carboxylic acids is 3. The number of carbonyl (C=O) groups is 3. The minimum atomic E-state index is -1.04. The summed E-state index contributed by atoms with van der Waals surface area (Å²) in [5.74, 6) is -3.77. The standard InChI is InChI=1S/C34H25FN2O4/c35-24-15-17-25(18-16-24)37-32(38)27-28(33(37)39)30(36-20-19-21-9-7-8-14-26(21)29(27)36)34(40)41-31(22-10-3-1-4-11-22)23-12-5-2-6-13-23/h1-20,27-31H/t27-,28-,29+,30+/m0/s1. The topological polar surface area (TPSA) is 66.9 Å². The number of hydrogen-bond donors (Lipinski definition) is 0. The fraction of sp³-hybridized carbons (Fsp3) is 0.147. The first-order valence-electron chi connectivity index (χ1n) is 13.5. The van der Waals surface area contributed by atoms with E-state index >= 15 is 0 Å².